The predicted octanol–water partition coefficient (Wildman–Crippen LogP) is 5.59. The molecule has 3 aromatic rings. The van der Waals surface area contributed by atoms with Crippen molar-refractivity contribution < 1.29 is 9.47 Å². The molecule has 0 aliphatic rings. The minimum absolute atomic E-state index is 0.0517. The van der Waals surface area contributed by atoms with Gasteiger partial charge in [-0.2, -0.15) is 0 Å². The number of hydrogen-bond acceptors (Lipinski definition) is 5. The normalized spacial score (nSPS) is 11.5. The van der Waals surface area contributed by atoms with Crippen LogP contribution in [0.1, 0.15) is 44.9 Å². The lowest BCUT2D eigenvalue weighted by atomic mass is 10.0. The van der Waals surface area contributed by atoms with Crippen molar-refractivity contribution in [2.75, 3.05) is 7.11 Å². The van der Waals surface area contributed by atoms with E-state index in [1.165, 1.54) is 0 Å². The molecule has 2 aromatic heterocycles. The summed E-state index contributed by atoms with van der Waals surface area (Å²) in [4.78, 5) is 9.51. The summed E-state index contributed by atoms with van der Waals surface area (Å²) in [7, 11) is 1.69. The van der Waals surface area contributed by atoms with E-state index < -0.39 is 0 Å². The Hall–Kier alpha value is -2.14. The maximum Gasteiger partial charge on any atom is 0.222 e. The van der Waals surface area contributed by atoms with Crippen LogP contribution >= 0.6 is 11.3 Å². The lowest BCUT2D eigenvalue weighted by Crippen LogP contribution is -2.08. The van der Waals surface area contributed by atoms with Crippen molar-refractivity contribution in [2.45, 2.75) is 46.6 Å². The summed E-state index contributed by atoms with van der Waals surface area (Å²) in [5.74, 6) is 1.91. The van der Waals surface area contributed by atoms with Crippen LogP contribution in [0.25, 0.3) is 21.5 Å². The number of rotatable bonds is 5. The van der Waals surface area contributed by atoms with Crippen LogP contribution in [0.3, 0.4) is 0 Å². The molecule has 4 nitrogen and oxygen atoms in total. The van der Waals surface area contributed by atoms with E-state index in [4.69, 9.17) is 19.4 Å². The van der Waals surface area contributed by atoms with Gasteiger partial charge < -0.3 is 9.47 Å². The maximum atomic E-state index is 6.00. The molecule has 0 amide bonds. The third-order valence-electron chi connectivity index (χ3n) is 4.10. The summed E-state index contributed by atoms with van der Waals surface area (Å²) in [6.45, 7) is 10.4. The number of hydrogen-bond donors (Lipinski definition) is 0. The Morgan fingerprint density at radius 2 is 1.80 bits per heavy atom. The molecular formula is C20H24N2O2S. The molecule has 0 atom stereocenters. The monoisotopic (exact) mass is 356 g/mol. The van der Waals surface area contributed by atoms with Gasteiger partial charge in [0.15, 0.2) is 0 Å². The highest BCUT2D eigenvalue weighted by Crippen LogP contribution is 2.36. The van der Waals surface area contributed by atoms with Crippen molar-refractivity contribution in [3.63, 3.8) is 0 Å². The number of fused-ring (bicyclic) bond motifs is 1. The van der Waals surface area contributed by atoms with Crippen molar-refractivity contribution in [3.05, 3.63) is 34.8 Å². The molecule has 0 unspecified atom stereocenters. The van der Waals surface area contributed by atoms with E-state index in [-0.39, 0.29) is 6.10 Å². The first-order valence-electron chi connectivity index (χ1n) is 8.51. The Morgan fingerprint density at radius 3 is 2.40 bits per heavy atom. The van der Waals surface area contributed by atoms with Crippen LogP contribution in [-0.4, -0.2) is 23.2 Å². The summed E-state index contributed by atoms with van der Waals surface area (Å²) in [6, 6.07) is 6.06. The van der Waals surface area contributed by atoms with Gasteiger partial charge in [-0.1, -0.05) is 13.8 Å². The summed E-state index contributed by atoms with van der Waals surface area (Å²) in [5.41, 5.74) is 3.02. The highest BCUT2D eigenvalue weighted by molar-refractivity contribution is 7.13. The first-order chi connectivity index (χ1) is 11.9. The highest BCUT2D eigenvalue weighted by atomic mass is 32.1. The van der Waals surface area contributed by atoms with Gasteiger partial charge in [0, 0.05) is 10.8 Å². The van der Waals surface area contributed by atoms with Crippen molar-refractivity contribution in [1.82, 2.24) is 9.97 Å². The zero-order valence-corrected chi connectivity index (χ0v) is 16.4. The van der Waals surface area contributed by atoms with Crippen LogP contribution in [0.15, 0.2) is 23.6 Å². The van der Waals surface area contributed by atoms with E-state index >= 15 is 0 Å². The summed E-state index contributed by atoms with van der Waals surface area (Å²) in [6.07, 6.45) is 0.0517. The smallest absolute Gasteiger partial charge is 0.222 e. The lowest BCUT2D eigenvalue weighted by Gasteiger charge is -2.15. The number of aryl methyl sites for hydroxylation is 1. The second-order valence-corrected chi connectivity index (χ2v) is 7.56. The van der Waals surface area contributed by atoms with Gasteiger partial charge in [0.2, 0.25) is 5.88 Å². The summed E-state index contributed by atoms with van der Waals surface area (Å²) in [5, 5.41) is 5.10. The maximum absolute atomic E-state index is 6.00. The van der Waals surface area contributed by atoms with Crippen molar-refractivity contribution in [1.29, 1.82) is 0 Å². The minimum atomic E-state index is 0.0517. The largest absolute Gasteiger partial charge is 0.496 e. The SMILES string of the molecule is COc1ccc2c(OC(C)C)nc(-c3nc(C(C)C)cs3)cc2c1C. The third kappa shape index (κ3) is 3.47. The average molecular weight is 356 g/mol. The molecule has 25 heavy (non-hydrogen) atoms. The number of aromatic nitrogens is 2. The van der Waals surface area contributed by atoms with Crippen LogP contribution in [0.4, 0.5) is 0 Å². The molecule has 3 rings (SSSR count). The summed E-state index contributed by atoms with van der Waals surface area (Å²) < 4.78 is 11.5. The van der Waals surface area contributed by atoms with Crippen molar-refractivity contribution >= 4 is 22.1 Å². The fraction of sp³-hybridized carbons (Fsp3) is 0.400. The van der Waals surface area contributed by atoms with Crippen LogP contribution < -0.4 is 9.47 Å². The van der Waals surface area contributed by atoms with E-state index in [0.717, 1.165) is 38.5 Å². The predicted molar refractivity (Wildman–Crippen MR) is 104 cm³/mol. The van der Waals surface area contributed by atoms with E-state index in [1.54, 1.807) is 18.4 Å². The van der Waals surface area contributed by atoms with Crippen LogP contribution in [-0.2, 0) is 0 Å². The zero-order valence-electron chi connectivity index (χ0n) is 15.6. The van der Waals surface area contributed by atoms with E-state index in [0.29, 0.717) is 11.8 Å². The van der Waals surface area contributed by atoms with E-state index in [1.807, 2.05) is 26.0 Å². The molecule has 0 aliphatic carbocycles. The number of pyridine rings is 1. The van der Waals surface area contributed by atoms with E-state index in [2.05, 4.69) is 32.2 Å². The number of methoxy groups -OCH3 is 1. The van der Waals surface area contributed by atoms with Crippen LogP contribution in [0, 0.1) is 6.92 Å². The number of benzene rings is 1. The van der Waals surface area contributed by atoms with Gasteiger partial charge in [0.05, 0.1) is 18.9 Å². The molecule has 1 aromatic carbocycles. The Balaban J connectivity index is 2.22. The van der Waals surface area contributed by atoms with Crippen molar-refractivity contribution in [2.24, 2.45) is 0 Å². The Morgan fingerprint density at radius 1 is 1.04 bits per heavy atom. The van der Waals surface area contributed by atoms with Crippen LogP contribution in [0.5, 0.6) is 11.6 Å². The lowest BCUT2D eigenvalue weighted by molar-refractivity contribution is 0.236. The van der Waals surface area contributed by atoms with Crippen molar-refractivity contribution in [3.8, 4) is 22.3 Å². The molecule has 5 heteroatoms. The van der Waals surface area contributed by atoms with Gasteiger partial charge in [-0.05, 0) is 55.8 Å². The quantitative estimate of drug-likeness (QED) is 0.598. The minimum Gasteiger partial charge on any atom is -0.496 e. The Bertz CT molecular complexity index is 900. The number of ether oxygens (including phenoxy) is 2. The third-order valence-corrected chi connectivity index (χ3v) is 4.98. The summed E-state index contributed by atoms with van der Waals surface area (Å²) >= 11 is 1.62. The number of nitrogens with zero attached hydrogens (tertiary/aromatic N) is 2. The van der Waals surface area contributed by atoms with E-state index in [9.17, 15) is 0 Å². The van der Waals surface area contributed by atoms with Crippen LogP contribution in [0.2, 0.25) is 0 Å². The molecule has 0 saturated heterocycles. The fourth-order valence-corrected chi connectivity index (χ4v) is 3.67. The first-order valence-corrected chi connectivity index (χ1v) is 9.39. The molecule has 0 bridgehead atoms. The first kappa shape index (κ1) is 17.7. The molecule has 132 valence electrons. The Labute approximate surface area is 152 Å². The molecule has 0 radical (unpaired) electrons. The molecular weight excluding hydrogens is 332 g/mol. The average Bonchev–Trinajstić information content (AvgIpc) is 3.05. The molecule has 0 aliphatic heterocycles. The van der Waals surface area contributed by atoms with Gasteiger partial charge >= 0.3 is 0 Å². The van der Waals surface area contributed by atoms with Gasteiger partial charge in [-0.25, -0.2) is 9.97 Å². The molecule has 0 spiro atoms. The standard InChI is InChI=1S/C20H24N2O2S/c1-11(2)17-10-25-20(22-17)16-9-15-13(5)18(23-6)8-7-14(15)19(21-16)24-12(3)4/h7-12H,1-6H3. The molecule has 0 N–H and O–H groups in total. The second kappa shape index (κ2) is 7.00. The van der Waals surface area contributed by atoms with Gasteiger partial charge in [0.1, 0.15) is 16.5 Å². The van der Waals surface area contributed by atoms with Gasteiger partial charge in [0.25, 0.3) is 0 Å². The topological polar surface area (TPSA) is 44.2 Å². The Kier molecular flexibility index (Phi) is 4.95. The second-order valence-electron chi connectivity index (χ2n) is 6.70. The molecule has 0 fully saturated rings. The molecule has 2 heterocycles. The molecule has 0 saturated carbocycles. The van der Waals surface area contributed by atoms with Gasteiger partial charge in [-0.3, -0.25) is 0 Å². The zero-order chi connectivity index (χ0) is 18.1. The number of thiazole rings is 1. The van der Waals surface area contributed by atoms with Gasteiger partial charge in [-0.15, -0.1) is 11.3 Å². The highest BCUT2D eigenvalue weighted by Gasteiger charge is 2.16. The fourth-order valence-electron chi connectivity index (χ4n) is 2.73.